The zero-order valence-corrected chi connectivity index (χ0v) is 62.5. The third kappa shape index (κ3) is 21.7. The van der Waals surface area contributed by atoms with E-state index in [1.54, 1.807) is 103 Å². The van der Waals surface area contributed by atoms with E-state index in [2.05, 4.69) is 37.2 Å². The van der Waals surface area contributed by atoms with E-state index >= 15 is 24.0 Å². The number of rotatable bonds is 16. The summed E-state index contributed by atoms with van der Waals surface area (Å²) in [7, 11) is 3.24. The number of carbonyl (C=O) groups excluding carboxylic acids is 9. The first kappa shape index (κ1) is 80.7. The van der Waals surface area contributed by atoms with Crippen molar-refractivity contribution >= 4 is 75.6 Å². The summed E-state index contributed by atoms with van der Waals surface area (Å²) in [5.74, 6) is -9.78. The number of likely N-dealkylation sites (N-methyl/N-ethyl adjacent to an activating group) is 2. The number of amides is 7. The van der Waals surface area contributed by atoms with E-state index in [-0.39, 0.29) is 82.6 Å². The molecule has 0 aliphatic carbocycles. The van der Waals surface area contributed by atoms with E-state index in [1.165, 1.54) is 21.9 Å². The highest BCUT2D eigenvalue weighted by atomic mass is 16.5. The van der Waals surface area contributed by atoms with E-state index in [0.29, 0.717) is 28.0 Å². The Bertz CT molecular complexity index is 4210. The lowest BCUT2D eigenvalue weighted by Gasteiger charge is -2.36. The molecule has 9 N–H and O–H groups in total. The maximum atomic E-state index is 15.2. The molecule has 2 fully saturated rings. The van der Waals surface area contributed by atoms with Crippen molar-refractivity contribution in [3.05, 3.63) is 186 Å². The van der Waals surface area contributed by atoms with E-state index in [4.69, 9.17) is 9.47 Å². The van der Waals surface area contributed by atoms with Crippen LogP contribution in [0.25, 0.3) is 21.9 Å². The zero-order chi connectivity index (χ0) is 77.4. The highest BCUT2D eigenvalue weighted by molar-refractivity contribution is 5.99. The first-order valence-electron chi connectivity index (χ1n) is 36.6. The molecule has 0 aromatic heterocycles. The molecule has 24 nitrogen and oxygen atoms in total. The molecule has 6 aromatic rings. The van der Waals surface area contributed by atoms with Crippen LogP contribution in [0.5, 0.6) is 5.75 Å². The molecule has 6 aliphatic rings. The summed E-state index contributed by atoms with van der Waals surface area (Å²) in [5, 5.41) is 43.4. The van der Waals surface area contributed by atoms with Crippen molar-refractivity contribution < 1.29 is 72.4 Å². The number of carbonyl (C=O) groups is 11. The highest BCUT2D eigenvalue weighted by Crippen LogP contribution is 2.35. The standard InChI is InChI=1S/C83H101N9O15/c1-49(84-9)70(93)46-64(82(3,4)5)78(100)92-48-63-45-69(92)77(99)87-65(40-52-22-29-57(30-23-52)55-18-12-11-13-19-55)71(94)43-60(80(102)103)38-51-24-32-58(33-25-51)74(96)86-61-44-68(91(47-61)79(101)72(83(6,7)8)90-73(95)50(2)85-10)76(98)88-66(42-54-26-31-56-20-14-15-21-59(56)39-54)75(97)89-67(81(104)105)41-53-27-34-62(35-28-53)106-36-16-17-37-107-63/h11-35,39,49-50,60-61,63-69,72,84-85H,36-38,40-48H2,1-10H3,(H,86,96)(H,87,99)(H,88,98)(H,89,97)(H,90,95)(H,102,103)(H,104,105)/b17-16+/t49-,50-,60+,61-,63-,64+,65-,66-,67-,68-,69-,72+/m0/s1. The maximum Gasteiger partial charge on any atom is 0.326 e. The summed E-state index contributed by atoms with van der Waals surface area (Å²) in [5.41, 5.74) is 2.52. The molecule has 0 saturated carbocycles. The SMILES string of the molecule is CN[C@@H](C)C(=O)C[C@H](C(=O)N1C[C@@H]2C[C@H]1C(=O)N[C@@H](Cc1ccc(-c3ccccc3)cc1)C(=O)C[C@H](C(=O)O)Cc1ccc(cc1)C(=O)N[C@H]1C[C@@H](C(=O)N[C@@H](Cc3ccc4ccccc4c3)C(=O)N[C@H](C(=O)O)Cc3ccc(cc3)OC/C=C/CO2)N(C(=O)[C@@H](NC(=O)[C@H](C)NC)C(C)(C)C)C1)C(C)(C)C. The Balaban J connectivity index is 1.05. The topological polar surface area (TPSA) is 337 Å². The number of hydrogen-bond acceptors (Lipinski definition) is 15. The molecule has 7 amide bonds. The summed E-state index contributed by atoms with van der Waals surface area (Å²) in [4.78, 5) is 161. The molecule has 0 radical (unpaired) electrons. The van der Waals surface area contributed by atoms with Crippen molar-refractivity contribution in [2.45, 2.75) is 167 Å². The van der Waals surface area contributed by atoms with Crippen LogP contribution >= 0.6 is 0 Å². The Hall–Kier alpha value is -10.4. The number of Topliss-reactive ketones (excluding diaryl/α,β-unsaturated/α-hetero) is 2. The molecule has 107 heavy (non-hydrogen) atoms. The molecule has 2 saturated heterocycles. The van der Waals surface area contributed by atoms with Gasteiger partial charge in [-0.05, 0) is 133 Å². The monoisotopic (exact) mass is 1460 g/mol. The van der Waals surface area contributed by atoms with Crippen molar-refractivity contribution in [3.8, 4) is 16.9 Å². The average Bonchev–Trinajstić information content (AvgIpc) is 1.63. The van der Waals surface area contributed by atoms with Gasteiger partial charge in [0.25, 0.3) is 5.91 Å². The minimum atomic E-state index is -1.50. The van der Waals surface area contributed by atoms with Gasteiger partial charge in [0.2, 0.25) is 35.4 Å². The van der Waals surface area contributed by atoms with Gasteiger partial charge in [-0.15, -0.1) is 0 Å². The van der Waals surface area contributed by atoms with Gasteiger partial charge < -0.3 is 66.7 Å². The number of carboxylic acid groups (broad SMARTS) is 2. The van der Waals surface area contributed by atoms with E-state index < -0.39 is 149 Å². The lowest BCUT2D eigenvalue weighted by Crippen LogP contribution is -2.61. The summed E-state index contributed by atoms with van der Waals surface area (Å²) in [6, 6.07) is 32.7. The summed E-state index contributed by atoms with van der Waals surface area (Å²) in [6.45, 7) is 14.0. The minimum Gasteiger partial charge on any atom is -0.490 e. The second kappa shape index (κ2) is 36.2. The normalized spacial score (nSPS) is 22.6. The fourth-order valence-electron chi connectivity index (χ4n) is 13.7. The van der Waals surface area contributed by atoms with Crippen LogP contribution in [-0.2, 0) is 78.4 Å². The van der Waals surface area contributed by atoms with Crippen LogP contribution in [0, 0.1) is 22.7 Å². The predicted molar refractivity (Wildman–Crippen MR) is 405 cm³/mol. The fourth-order valence-corrected chi connectivity index (χ4v) is 13.7. The molecule has 6 heterocycles. The van der Waals surface area contributed by atoms with Crippen molar-refractivity contribution in [2.75, 3.05) is 40.4 Å². The number of carboxylic acids is 2. The smallest absolute Gasteiger partial charge is 0.326 e. The maximum absolute atomic E-state index is 15.2. The Labute approximate surface area is 624 Å². The molecule has 6 aromatic carbocycles. The van der Waals surface area contributed by atoms with E-state index in [9.17, 15) is 39.0 Å². The van der Waals surface area contributed by atoms with Crippen molar-refractivity contribution in [1.82, 2.24) is 47.0 Å². The quantitative estimate of drug-likeness (QED) is 0.0441. The number of ketones is 2. The van der Waals surface area contributed by atoms with Crippen LogP contribution in [0.4, 0.5) is 0 Å². The number of hydrogen-bond donors (Lipinski definition) is 9. The minimum absolute atomic E-state index is 0.00819. The summed E-state index contributed by atoms with van der Waals surface area (Å²) >= 11 is 0. The number of aliphatic carboxylic acids is 2. The number of likely N-dealkylation sites (tertiary alicyclic amines) is 2. The number of nitrogens with zero attached hydrogens (tertiary/aromatic N) is 2. The Morgan fingerprint density at radius 3 is 1.76 bits per heavy atom. The van der Waals surface area contributed by atoms with Gasteiger partial charge in [0.05, 0.1) is 36.8 Å². The Morgan fingerprint density at radius 1 is 0.551 bits per heavy atom. The van der Waals surface area contributed by atoms with Crippen LogP contribution in [0.3, 0.4) is 0 Å². The van der Waals surface area contributed by atoms with Crippen molar-refractivity contribution in [3.63, 3.8) is 0 Å². The highest BCUT2D eigenvalue weighted by Gasteiger charge is 2.48. The van der Waals surface area contributed by atoms with Gasteiger partial charge >= 0.3 is 11.9 Å². The number of ether oxygens (including phenoxy) is 2. The van der Waals surface area contributed by atoms with Crippen LogP contribution in [0.1, 0.15) is 114 Å². The molecule has 24 heteroatoms. The van der Waals surface area contributed by atoms with Gasteiger partial charge in [0, 0.05) is 62.7 Å². The van der Waals surface area contributed by atoms with Gasteiger partial charge in [-0.1, -0.05) is 169 Å². The second-order valence-corrected chi connectivity index (χ2v) is 30.4. The molecular weight excluding hydrogens is 1360 g/mol. The average molecular weight is 1460 g/mol. The molecule has 8 bridgehead atoms. The molecule has 0 unspecified atom stereocenters. The molecule has 0 spiro atoms. The van der Waals surface area contributed by atoms with Gasteiger partial charge in [-0.3, -0.25) is 47.9 Å². The molecular formula is C83H101N9O15. The number of nitrogens with one attached hydrogen (secondary N) is 7. The van der Waals surface area contributed by atoms with Crippen molar-refractivity contribution in [2.24, 2.45) is 22.7 Å². The lowest BCUT2D eigenvalue weighted by molar-refractivity contribution is -0.147. The third-order valence-corrected chi connectivity index (χ3v) is 20.5. The predicted octanol–water partition coefficient (Wildman–Crippen LogP) is 6.98. The largest absolute Gasteiger partial charge is 0.490 e. The first-order valence-corrected chi connectivity index (χ1v) is 36.6. The van der Waals surface area contributed by atoms with Crippen LogP contribution in [0.2, 0.25) is 0 Å². The Morgan fingerprint density at radius 2 is 1.12 bits per heavy atom. The van der Waals surface area contributed by atoms with E-state index in [1.807, 2.05) is 112 Å². The number of fused-ring (bicyclic) bond motifs is 1. The van der Waals surface area contributed by atoms with Gasteiger partial charge in [-0.2, -0.15) is 0 Å². The van der Waals surface area contributed by atoms with Gasteiger partial charge in [-0.25, -0.2) is 4.79 Å². The molecule has 12 atom stereocenters. The first-order chi connectivity index (χ1) is 50.9. The fraction of sp³-hybridized carbons (Fsp3) is 0.434. The third-order valence-electron chi connectivity index (χ3n) is 20.5. The van der Waals surface area contributed by atoms with E-state index in [0.717, 1.165) is 21.9 Å². The zero-order valence-electron chi connectivity index (χ0n) is 62.5. The number of benzene rings is 6. The van der Waals surface area contributed by atoms with Crippen LogP contribution < -0.4 is 42.0 Å². The van der Waals surface area contributed by atoms with Gasteiger partial charge in [0.1, 0.15) is 48.3 Å². The molecule has 12 rings (SSSR count). The second-order valence-electron chi connectivity index (χ2n) is 30.4. The summed E-state index contributed by atoms with van der Waals surface area (Å²) in [6.07, 6.45) is 1.37. The lowest BCUT2D eigenvalue weighted by atomic mass is 9.76. The molecule has 568 valence electrons. The Kier molecular flexibility index (Phi) is 27.3. The van der Waals surface area contributed by atoms with Crippen molar-refractivity contribution in [1.29, 1.82) is 0 Å². The molecule has 6 aliphatic heterocycles. The van der Waals surface area contributed by atoms with Gasteiger partial charge in [0.15, 0.2) is 5.78 Å². The summed E-state index contributed by atoms with van der Waals surface area (Å²) < 4.78 is 12.4. The van der Waals surface area contributed by atoms with Crippen LogP contribution in [-0.4, -0.2) is 186 Å². The van der Waals surface area contributed by atoms with Crippen LogP contribution in [0.15, 0.2) is 158 Å².